The van der Waals surface area contributed by atoms with Gasteiger partial charge in [-0.25, -0.2) is 8.42 Å². The third-order valence-electron chi connectivity index (χ3n) is 4.31. The highest BCUT2D eigenvalue weighted by atomic mass is 32.2. The molecule has 4 heteroatoms. The molecule has 1 aromatic carbocycles. The first-order chi connectivity index (χ1) is 8.73. The maximum atomic E-state index is 13.2. The molecule has 0 amide bonds. The van der Waals surface area contributed by atoms with Crippen molar-refractivity contribution in [3.8, 4) is 0 Å². The summed E-state index contributed by atoms with van der Waals surface area (Å²) < 4.78 is 25.8. The molecule has 1 atom stereocenters. The van der Waals surface area contributed by atoms with E-state index in [2.05, 4.69) is 25.7 Å². The Bertz CT molecular complexity index is 597. The number of rotatable bonds is 3. The van der Waals surface area contributed by atoms with Gasteiger partial charge < -0.3 is 0 Å². The van der Waals surface area contributed by atoms with E-state index in [9.17, 15) is 8.42 Å². The molecular weight excluding hydrogens is 272 g/mol. The first-order valence-corrected chi connectivity index (χ1v) is 11.7. The van der Waals surface area contributed by atoms with E-state index < -0.39 is 22.3 Å². The monoisotopic (exact) mass is 294 g/mol. The SMILES string of the molecule is CC1=CCCC1([Si](C)(C)C)S(=O)(=O)c1ccccc1. The van der Waals surface area contributed by atoms with Crippen molar-refractivity contribution < 1.29 is 8.42 Å². The zero-order chi connectivity index (χ0) is 14.3. The fourth-order valence-corrected chi connectivity index (χ4v) is 10.9. The maximum Gasteiger partial charge on any atom is 0.185 e. The van der Waals surface area contributed by atoms with Crippen LogP contribution in [0.4, 0.5) is 0 Å². The highest BCUT2D eigenvalue weighted by Gasteiger charge is 2.56. The molecule has 0 N–H and O–H groups in total. The Kier molecular flexibility index (Phi) is 3.52. The average molecular weight is 294 g/mol. The van der Waals surface area contributed by atoms with Crippen LogP contribution in [-0.2, 0) is 9.84 Å². The van der Waals surface area contributed by atoms with Gasteiger partial charge in [0.15, 0.2) is 9.84 Å². The van der Waals surface area contributed by atoms with Crippen LogP contribution in [0.2, 0.25) is 19.6 Å². The Morgan fingerprint density at radius 3 is 2.11 bits per heavy atom. The van der Waals surface area contributed by atoms with Gasteiger partial charge in [0.1, 0.15) is 0 Å². The molecule has 0 fully saturated rings. The van der Waals surface area contributed by atoms with Gasteiger partial charge in [-0.05, 0) is 31.9 Å². The largest absolute Gasteiger partial charge is 0.223 e. The van der Waals surface area contributed by atoms with Gasteiger partial charge >= 0.3 is 0 Å². The van der Waals surface area contributed by atoms with E-state index in [1.807, 2.05) is 13.0 Å². The number of allylic oxidation sites excluding steroid dienone is 1. The molecule has 1 unspecified atom stereocenters. The lowest BCUT2D eigenvalue weighted by molar-refractivity contribution is 0.573. The highest BCUT2D eigenvalue weighted by molar-refractivity contribution is 7.95. The molecule has 1 aliphatic carbocycles. The van der Waals surface area contributed by atoms with E-state index in [0.717, 1.165) is 18.4 Å². The molecule has 0 bridgehead atoms. The van der Waals surface area contributed by atoms with Crippen LogP contribution in [0.25, 0.3) is 0 Å². The topological polar surface area (TPSA) is 34.1 Å². The summed E-state index contributed by atoms with van der Waals surface area (Å²) in [4.78, 5) is 0.465. The second-order valence-electron chi connectivity index (χ2n) is 6.32. The second-order valence-corrected chi connectivity index (χ2v) is 14.2. The third kappa shape index (κ3) is 2.01. The van der Waals surface area contributed by atoms with E-state index in [-0.39, 0.29) is 0 Å². The van der Waals surface area contributed by atoms with Crippen molar-refractivity contribution in [2.75, 3.05) is 0 Å². The molecule has 0 radical (unpaired) electrons. The van der Waals surface area contributed by atoms with Crippen LogP contribution < -0.4 is 0 Å². The fraction of sp³-hybridized carbons (Fsp3) is 0.467. The third-order valence-corrected chi connectivity index (χ3v) is 12.4. The van der Waals surface area contributed by atoms with Crippen LogP contribution in [0.3, 0.4) is 0 Å². The number of hydrogen-bond acceptors (Lipinski definition) is 2. The van der Waals surface area contributed by atoms with Gasteiger partial charge in [0, 0.05) is 0 Å². The lowest BCUT2D eigenvalue weighted by Gasteiger charge is -2.41. The van der Waals surface area contributed by atoms with Crippen molar-refractivity contribution in [1.29, 1.82) is 0 Å². The van der Waals surface area contributed by atoms with Gasteiger partial charge in [-0.15, -0.1) is 0 Å². The molecular formula is C15H22O2SSi. The summed E-state index contributed by atoms with van der Waals surface area (Å²) in [5.74, 6) is 0. The van der Waals surface area contributed by atoms with Crippen LogP contribution in [-0.4, -0.2) is 20.9 Å². The van der Waals surface area contributed by atoms with Gasteiger partial charge in [0.05, 0.1) is 17.3 Å². The molecule has 0 saturated carbocycles. The summed E-state index contributed by atoms with van der Waals surface area (Å²) in [6, 6.07) is 8.92. The molecule has 0 aliphatic heterocycles. The molecule has 19 heavy (non-hydrogen) atoms. The predicted octanol–water partition coefficient (Wildman–Crippen LogP) is 3.82. The van der Waals surface area contributed by atoms with Crippen LogP contribution in [0.5, 0.6) is 0 Å². The zero-order valence-electron chi connectivity index (χ0n) is 12.1. The minimum absolute atomic E-state index is 0.465. The zero-order valence-corrected chi connectivity index (χ0v) is 13.9. The molecule has 104 valence electrons. The molecule has 1 aromatic rings. The second kappa shape index (κ2) is 4.60. The normalized spacial score (nSPS) is 24.3. The molecule has 0 saturated heterocycles. The van der Waals surface area contributed by atoms with E-state index in [1.165, 1.54) is 0 Å². The molecule has 1 aliphatic rings. The molecule has 0 heterocycles. The Labute approximate surface area is 117 Å². The minimum atomic E-state index is -3.31. The summed E-state index contributed by atoms with van der Waals surface area (Å²) in [6.45, 7) is 8.48. The minimum Gasteiger partial charge on any atom is -0.223 e. The van der Waals surface area contributed by atoms with Crippen molar-refractivity contribution in [1.82, 2.24) is 0 Å². The van der Waals surface area contributed by atoms with Crippen LogP contribution >= 0.6 is 0 Å². The quantitative estimate of drug-likeness (QED) is 0.627. The molecule has 2 nitrogen and oxygen atoms in total. The Balaban J connectivity index is 2.69. The Hall–Kier alpha value is -0.873. The summed E-state index contributed by atoms with van der Waals surface area (Å²) in [5.41, 5.74) is 1.05. The standard InChI is InChI=1S/C15H22O2SSi/c1-13-9-8-12-15(13,19(2,3)4)18(16,17)14-10-6-5-7-11-14/h5-7,9-11H,8,12H2,1-4H3. The van der Waals surface area contributed by atoms with Crippen molar-refractivity contribution in [3.05, 3.63) is 42.0 Å². The average Bonchev–Trinajstić information content (AvgIpc) is 2.73. The molecule has 2 rings (SSSR count). The van der Waals surface area contributed by atoms with Gasteiger partial charge in [-0.3, -0.25) is 0 Å². The lowest BCUT2D eigenvalue weighted by atomic mass is 10.2. The van der Waals surface area contributed by atoms with E-state index >= 15 is 0 Å². The van der Waals surface area contributed by atoms with Gasteiger partial charge in [-0.2, -0.15) is 0 Å². The number of benzene rings is 1. The van der Waals surface area contributed by atoms with E-state index in [1.54, 1.807) is 24.3 Å². The van der Waals surface area contributed by atoms with Crippen molar-refractivity contribution in [2.24, 2.45) is 0 Å². The summed E-state index contributed by atoms with van der Waals surface area (Å²) in [6.07, 6.45) is 3.73. The first kappa shape index (κ1) is 14.5. The van der Waals surface area contributed by atoms with Crippen LogP contribution in [0.1, 0.15) is 19.8 Å². The molecule has 0 aromatic heterocycles. The maximum absolute atomic E-state index is 13.2. The van der Waals surface area contributed by atoms with Crippen molar-refractivity contribution in [2.45, 2.75) is 48.7 Å². The smallest absolute Gasteiger partial charge is 0.185 e. The summed E-state index contributed by atoms with van der Waals surface area (Å²) in [5, 5.41) is 0. The lowest BCUT2D eigenvalue weighted by Crippen LogP contribution is -2.57. The predicted molar refractivity (Wildman–Crippen MR) is 82.7 cm³/mol. The first-order valence-electron chi connectivity index (χ1n) is 6.70. The van der Waals surface area contributed by atoms with Gasteiger partial charge in [-0.1, -0.05) is 49.5 Å². The number of hydrogen-bond donors (Lipinski definition) is 0. The fourth-order valence-electron chi connectivity index (χ4n) is 3.37. The van der Waals surface area contributed by atoms with Gasteiger partial charge in [0.25, 0.3) is 0 Å². The molecule has 0 spiro atoms. The highest BCUT2D eigenvalue weighted by Crippen LogP contribution is 2.47. The summed E-state index contributed by atoms with van der Waals surface area (Å²) in [7, 11) is -5.23. The van der Waals surface area contributed by atoms with E-state index in [4.69, 9.17) is 0 Å². The Morgan fingerprint density at radius 1 is 1.11 bits per heavy atom. The van der Waals surface area contributed by atoms with Crippen molar-refractivity contribution >= 4 is 17.9 Å². The van der Waals surface area contributed by atoms with E-state index in [0.29, 0.717) is 4.90 Å². The van der Waals surface area contributed by atoms with Gasteiger partial charge in [0.2, 0.25) is 0 Å². The van der Waals surface area contributed by atoms with Crippen LogP contribution in [0, 0.1) is 0 Å². The number of sulfone groups is 1. The van der Waals surface area contributed by atoms with Crippen LogP contribution in [0.15, 0.2) is 46.9 Å². The Morgan fingerprint density at radius 2 is 1.68 bits per heavy atom. The van der Waals surface area contributed by atoms with Crippen molar-refractivity contribution in [3.63, 3.8) is 0 Å². The summed E-state index contributed by atoms with van der Waals surface area (Å²) >= 11 is 0.